The van der Waals surface area contributed by atoms with Crippen molar-refractivity contribution in [1.82, 2.24) is 0 Å². The van der Waals surface area contributed by atoms with Gasteiger partial charge in [0, 0.05) is 10.4 Å². The number of hydrogen-bond acceptors (Lipinski definition) is 4. The Kier molecular flexibility index (Phi) is 27.5. The van der Waals surface area contributed by atoms with Gasteiger partial charge in [0.1, 0.15) is 0 Å². The van der Waals surface area contributed by atoms with Crippen molar-refractivity contribution in [2.45, 2.75) is 104 Å². The summed E-state index contributed by atoms with van der Waals surface area (Å²) < 4.78 is 34.1. The van der Waals surface area contributed by atoms with Gasteiger partial charge in [0.2, 0.25) is 0 Å². The van der Waals surface area contributed by atoms with Gasteiger partial charge >= 0.3 is 29.6 Å². The molecule has 0 amide bonds. The molecule has 22 heavy (non-hydrogen) atoms. The van der Waals surface area contributed by atoms with Crippen LogP contribution in [-0.4, -0.2) is 17.5 Å². The molecule has 0 saturated heterocycles. The Morgan fingerprint density at radius 2 is 0.682 bits per heavy atom. The molecule has 0 saturated carbocycles. The van der Waals surface area contributed by atoms with E-state index >= 15 is 0 Å². The SMILES string of the molecule is CCCCCCCCCCCCCCCC.O=S(=O)([O-])[O-].[Na+]. The Morgan fingerprint density at radius 1 is 0.545 bits per heavy atom. The van der Waals surface area contributed by atoms with E-state index in [2.05, 4.69) is 13.8 Å². The van der Waals surface area contributed by atoms with E-state index in [1.165, 1.54) is 89.9 Å². The van der Waals surface area contributed by atoms with Crippen LogP contribution in [0.15, 0.2) is 0 Å². The second-order valence-corrected chi connectivity index (χ2v) is 6.47. The van der Waals surface area contributed by atoms with E-state index < -0.39 is 10.4 Å². The first-order valence-electron chi connectivity index (χ1n) is 8.58. The molecule has 130 valence electrons. The van der Waals surface area contributed by atoms with Crippen LogP contribution < -0.4 is 29.6 Å². The summed E-state index contributed by atoms with van der Waals surface area (Å²) in [4.78, 5) is 0. The number of unbranched alkanes of at least 4 members (excludes halogenated alkanes) is 13. The zero-order valence-corrected chi connectivity index (χ0v) is 17.8. The Bertz CT molecular complexity index is 260. The minimum atomic E-state index is -5.17. The predicted octanol–water partition coefficient (Wildman–Crippen LogP) is 2.15. The van der Waals surface area contributed by atoms with Crippen molar-refractivity contribution in [2.24, 2.45) is 0 Å². The van der Waals surface area contributed by atoms with E-state index in [9.17, 15) is 0 Å². The van der Waals surface area contributed by atoms with Crippen molar-refractivity contribution < 1.29 is 47.1 Å². The summed E-state index contributed by atoms with van der Waals surface area (Å²) in [6, 6.07) is 0. The fourth-order valence-corrected chi connectivity index (χ4v) is 2.27. The summed E-state index contributed by atoms with van der Waals surface area (Å²) in [7, 11) is -5.17. The zero-order valence-electron chi connectivity index (χ0n) is 14.9. The maximum absolute atomic E-state index is 8.52. The van der Waals surface area contributed by atoms with Crippen molar-refractivity contribution in [3.05, 3.63) is 0 Å². The Hall–Kier alpha value is 0.870. The number of rotatable bonds is 13. The van der Waals surface area contributed by atoms with Gasteiger partial charge in [0.25, 0.3) is 0 Å². The van der Waals surface area contributed by atoms with Crippen LogP contribution >= 0.6 is 0 Å². The molecule has 0 unspecified atom stereocenters. The van der Waals surface area contributed by atoms with Crippen LogP contribution in [0.3, 0.4) is 0 Å². The Morgan fingerprint density at radius 3 is 0.818 bits per heavy atom. The van der Waals surface area contributed by atoms with Crippen LogP contribution in [0.4, 0.5) is 0 Å². The normalized spacial score (nSPS) is 10.5. The third-order valence-corrected chi connectivity index (χ3v) is 3.46. The van der Waals surface area contributed by atoms with Crippen LogP contribution in [0.5, 0.6) is 0 Å². The van der Waals surface area contributed by atoms with Gasteiger partial charge in [-0.05, 0) is 0 Å². The molecule has 0 bridgehead atoms. The van der Waals surface area contributed by atoms with E-state index in [0.717, 1.165) is 0 Å². The second-order valence-electron chi connectivity index (χ2n) is 5.65. The average molecular weight is 346 g/mol. The summed E-state index contributed by atoms with van der Waals surface area (Å²) in [5.74, 6) is 0. The van der Waals surface area contributed by atoms with E-state index in [1.807, 2.05) is 0 Å². The van der Waals surface area contributed by atoms with Gasteiger partial charge in [-0.1, -0.05) is 104 Å². The second kappa shape index (κ2) is 21.9. The molecule has 0 rings (SSSR count). The quantitative estimate of drug-likeness (QED) is 0.222. The summed E-state index contributed by atoms with van der Waals surface area (Å²) in [5, 5.41) is 0. The molecular weight excluding hydrogens is 311 g/mol. The van der Waals surface area contributed by atoms with Crippen LogP contribution in [-0.2, 0) is 10.4 Å². The van der Waals surface area contributed by atoms with Crippen molar-refractivity contribution in [2.75, 3.05) is 0 Å². The van der Waals surface area contributed by atoms with E-state index in [4.69, 9.17) is 17.5 Å². The fourth-order valence-electron chi connectivity index (χ4n) is 2.27. The van der Waals surface area contributed by atoms with E-state index in [0.29, 0.717) is 0 Å². The maximum atomic E-state index is 8.52. The minimum absolute atomic E-state index is 0. The molecule has 0 heterocycles. The van der Waals surface area contributed by atoms with Gasteiger partial charge in [0.15, 0.2) is 0 Å². The van der Waals surface area contributed by atoms with Gasteiger partial charge in [-0.2, -0.15) is 0 Å². The van der Waals surface area contributed by atoms with Gasteiger partial charge in [-0.15, -0.1) is 0 Å². The Labute approximate surface area is 160 Å². The topological polar surface area (TPSA) is 80.3 Å². The molecular formula is C16H34NaO4S-. The first kappa shape index (κ1) is 27.7. The molecule has 0 aromatic rings. The maximum Gasteiger partial charge on any atom is 1.00 e. The molecule has 0 atom stereocenters. The molecule has 0 fully saturated rings. The molecule has 0 aliphatic carbocycles. The molecule has 0 aliphatic rings. The van der Waals surface area contributed by atoms with Gasteiger partial charge in [-0.25, -0.2) is 0 Å². The monoisotopic (exact) mass is 345 g/mol. The fraction of sp³-hybridized carbons (Fsp3) is 1.00. The average Bonchev–Trinajstić information content (AvgIpc) is 2.38. The molecule has 6 heteroatoms. The van der Waals surface area contributed by atoms with Gasteiger partial charge in [0.05, 0.1) is 0 Å². The molecule has 0 aliphatic heterocycles. The molecule has 0 aromatic heterocycles. The Balaban J connectivity index is -0.000000520. The zero-order chi connectivity index (χ0) is 16.4. The smallest absolute Gasteiger partial charge is 0.759 e. The molecule has 0 spiro atoms. The van der Waals surface area contributed by atoms with Crippen LogP contribution in [0.25, 0.3) is 0 Å². The molecule has 0 N–H and O–H groups in total. The van der Waals surface area contributed by atoms with E-state index in [1.54, 1.807) is 0 Å². The van der Waals surface area contributed by atoms with Gasteiger partial charge < -0.3 is 9.11 Å². The molecule has 0 aromatic carbocycles. The van der Waals surface area contributed by atoms with Crippen molar-refractivity contribution >= 4 is 10.4 Å². The van der Waals surface area contributed by atoms with Crippen molar-refractivity contribution in [1.29, 1.82) is 0 Å². The standard InChI is InChI=1S/C16H34.Na.H2O4S/c1-3-5-7-9-11-13-15-16-14-12-10-8-6-4-2;;1-5(2,3)4/h3-16H2,1-2H3;;(H2,1,2,3,4)/q;+1;/p-2. The van der Waals surface area contributed by atoms with Crippen molar-refractivity contribution in [3.63, 3.8) is 0 Å². The summed E-state index contributed by atoms with van der Waals surface area (Å²) >= 11 is 0. The number of hydrogen-bond donors (Lipinski definition) is 0. The largest absolute Gasteiger partial charge is 1.00 e. The van der Waals surface area contributed by atoms with Crippen LogP contribution in [0.1, 0.15) is 104 Å². The third-order valence-electron chi connectivity index (χ3n) is 3.46. The molecule has 0 radical (unpaired) electrons. The summed E-state index contributed by atoms with van der Waals surface area (Å²) in [6.07, 6.45) is 20.4. The first-order valence-corrected chi connectivity index (χ1v) is 9.91. The van der Waals surface area contributed by atoms with Crippen molar-refractivity contribution in [3.8, 4) is 0 Å². The minimum Gasteiger partial charge on any atom is -0.759 e. The van der Waals surface area contributed by atoms with Gasteiger partial charge in [-0.3, -0.25) is 8.42 Å². The summed E-state index contributed by atoms with van der Waals surface area (Å²) in [6.45, 7) is 4.58. The summed E-state index contributed by atoms with van der Waals surface area (Å²) in [5.41, 5.74) is 0. The predicted molar refractivity (Wildman–Crippen MR) is 86.5 cm³/mol. The molecule has 4 nitrogen and oxygen atoms in total. The third kappa shape index (κ3) is 42.8. The first-order chi connectivity index (χ1) is 9.91. The van der Waals surface area contributed by atoms with Crippen LogP contribution in [0, 0.1) is 0 Å². The van der Waals surface area contributed by atoms with E-state index in [-0.39, 0.29) is 29.6 Å². The van der Waals surface area contributed by atoms with Crippen LogP contribution in [0.2, 0.25) is 0 Å².